The number of hydrogen-bond donors (Lipinski definition) is 1. The molecule has 0 radical (unpaired) electrons. The van der Waals surface area contributed by atoms with Crippen molar-refractivity contribution >= 4 is 17.3 Å². The molecule has 1 aliphatic rings. The highest BCUT2D eigenvalue weighted by atomic mass is 19.1. The van der Waals surface area contributed by atoms with Crippen LogP contribution in [0.2, 0.25) is 0 Å². The Morgan fingerprint density at radius 2 is 1.50 bits per heavy atom. The number of rotatable bonds is 8. The van der Waals surface area contributed by atoms with Gasteiger partial charge in [0.15, 0.2) is 28.9 Å². The molecular formula is C24H27F2N5O3. The fraction of sp³-hybridized carbons (Fsp3) is 0.333. The number of ether oxygens (including phenoxy) is 3. The van der Waals surface area contributed by atoms with Crippen LogP contribution in [0.1, 0.15) is 5.56 Å². The van der Waals surface area contributed by atoms with Crippen LogP contribution in [0.25, 0.3) is 0 Å². The fourth-order valence-electron chi connectivity index (χ4n) is 3.62. The maximum atomic E-state index is 14.5. The SMILES string of the molecule is COc1cc(OC)c(F)c(COc2cnc(Nc3ccc(N4CCN(C)CC4)cc3)nc2)c1F. The van der Waals surface area contributed by atoms with Gasteiger partial charge in [0.2, 0.25) is 5.95 Å². The third-order valence-electron chi connectivity index (χ3n) is 5.67. The first-order chi connectivity index (χ1) is 16.5. The molecule has 1 aromatic heterocycles. The zero-order valence-electron chi connectivity index (χ0n) is 19.3. The molecule has 10 heteroatoms. The van der Waals surface area contributed by atoms with Crippen molar-refractivity contribution < 1.29 is 23.0 Å². The van der Waals surface area contributed by atoms with Crippen molar-refractivity contribution in [1.82, 2.24) is 14.9 Å². The molecule has 2 heterocycles. The molecule has 1 N–H and O–H groups in total. The number of benzene rings is 2. The predicted molar refractivity (Wildman–Crippen MR) is 125 cm³/mol. The molecule has 1 fully saturated rings. The van der Waals surface area contributed by atoms with Crippen LogP contribution in [-0.2, 0) is 6.61 Å². The Bertz CT molecular complexity index is 1080. The first-order valence-electron chi connectivity index (χ1n) is 10.8. The van der Waals surface area contributed by atoms with Gasteiger partial charge in [-0.15, -0.1) is 0 Å². The summed E-state index contributed by atoms with van der Waals surface area (Å²) in [5.74, 6) is -1.32. The number of anilines is 3. The average Bonchev–Trinajstić information content (AvgIpc) is 2.86. The van der Waals surface area contributed by atoms with Crippen LogP contribution in [0.3, 0.4) is 0 Å². The van der Waals surface area contributed by atoms with Gasteiger partial charge in [0.05, 0.1) is 32.2 Å². The maximum Gasteiger partial charge on any atom is 0.227 e. The number of aromatic nitrogens is 2. The van der Waals surface area contributed by atoms with Crippen LogP contribution in [0, 0.1) is 11.6 Å². The molecule has 2 aromatic carbocycles. The van der Waals surface area contributed by atoms with Gasteiger partial charge in [0.25, 0.3) is 0 Å². The average molecular weight is 472 g/mol. The molecule has 3 aromatic rings. The van der Waals surface area contributed by atoms with Crippen LogP contribution in [0.4, 0.5) is 26.1 Å². The minimum Gasteiger partial charge on any atom is -0.494 e. The summed E-state index contributed by atoms with van der Waals surface area (Å²) in [6, 6.07) is 9.23. The molecule has 180 valence electrons. The normalized spacial score (nSPS) is 14.1. The van der Waals surface area contributed by atoms with Crippen molar-refractivity contribution in [2.45, 2.75) is 6.61 Å². The minimum absolute atomic E-state index is 0.133. The molecule has 0 bridgehead atoms. The van der Waals surface area contributed by atoms with E-state index in [0.29, 0.717) is 5.95 Å². The van der Waals surface area contributed by atoms with E-state index in [2.05, 4.69) is 44.3 Å². The van der Waals surface area contributed by atoms with Gasteiger partial charge in [-0.1, -0.05) is 0 Å². The number of nitrogens with zero attached hydrogens (tertiary/aromatic N) is 4. The lowest BCUT2D eigenvalue weighted by Crippen LogP contribution is -2.44. The van der Waals surface area contributed by atoms with Crippen LogP contribution >= 0.6 is 0 Å². The number of hydrogen-bond acceptors (Lipinski definition) is 8. The molecule has 0 aliphatic carbocycles. The smallest absolute Gasteiger partial charge is 0.227 e. The number of piperazine rings is 1. The predicted octanol–water partition coefficient (Wildman–Crippen LogP) is 3.85. The minimum atomic E-state index is -0.847. The first-order valence-corrected chi connectivity index (χ1v) is 10.8. The second-order valence-corrected chi connectivity index (χ2v) is 7.88. The van der Waals surface area contributed by atoms with Gasteiger partial charge < -0.3 is 29.3 Å². The quantitative estimate of drug-likeness (QED) is 0.531. The van der Waals surface area contributed by atoms with Crippen LogP contribution < -0.4 is 24.4 Å². The van der Waals surface area contributed by atoms with E-state index in [0.717, 1.165) is 37.9 Å². The highest BCUT2D eigenvalue weighted by molar-refractivity contribution is 5.59. The maximum absolute atomic E-state index is 14.5. The summed E-state index contributed by atoms with van der Waals surface area (Å²) < 4.78 is 44.3. The summed E-state index contributed by atoms with van der Waals surface area (Å²) in [7, 11) is 4.72. The van der Waals surface area contributed by atoms with Gasteiger partial charge in [-0.05, 0) is 31.3 Å². The molecule has 0 spiro atoms. The Hall–Kier alpha value is -3.66. The Morgan fingerprint density at radius 1 is 0.912 bits per heavy atom. The highest BCUT2D eigenvalue weighted by Gasteiger charge is 2.20. The van der Waals surface area contributed by atoms with Gasteiger partial charge in [-0.3, -0.25) is 0 Å². The molecule has 4 rings (SSSR count). The van der Waals surface area contributed by atoms with Crippen molar-refractivity contribution in [2.75, 3.05) is 57.7 Å². The van der Waals surface area contributed by atoms with Gasteiger partial charge in [-0.25, -0.2) is 18.7 Å². The van der Waals surface area contributed by atoms with Crippen molar-refractivity contribution in [3.63, 3.8) is 0 Å². The summed E-state index contributed by atoms with van der Waals surface area (Å²) in [4.78, 5) is 13.1. The van der Waals surface area contributed by atoms with E-state index < -0.39 is 11.6 Å². The van der Waals surface area contributed by atoms with Crippen molar-refractivity contribution in [3.05, 3.63) is 59.9 Å². The Morgan fingerprint density at radius 3 is 2.06 bits per heavy atom. The summed E-state index contributed by atoms with van der Waals surface area (Å²) in [5, 5.41) is 3.13. The molecule has 0 atom stereocenters. The van der Waals surface area contributed by atoms with E-state index in [4.69, 9.17) is 14.2 Å². The van der Waals surface area contributed by atoms with Crippen molar-refractivity contribution in [2.24, 2.45) is 0 Å². The van der Waals surface area contributed by atoms with Crippen LogP contribution in [0.15, 0.2) is 42.7 Å². The molecule has 1 saturated heterocycles. The summed E-state index contributed by atoms with van der Waals surface area (Å²) in [6.07, 6.45) is 2.86. The lowest BCUT2D eigenvalue weighted by Gasteiger charge is -2.34. The summed E-state index contributed by atoms with van der Waals surface area (Å²) >= 11 is 0. The molecule has 0 saturated carbocycles. The van der Waals surface area contributed by atoms with Gasteiger partial charge in [-0.2, -0.15) is 0 Å². The van der Waals surface area contributed by atoms with Gasteiger partial charge in [0.1, 0.15) is 6.61 Å². The van der Waals surface area contributed by atoms with Crippen LogP contribution in [0.5, 0.6) is 17.2 Å². The van der Waals surface area contributed by atoms with Gasteiger partial charge in [0, 0.05) is 43.6 Å². The standard InChI is InChI=1S/C24H27F2N5O3/c1-30-8-10-31(11-9-30)17-6-4-16(5-7-17)29-24-27-13-18(14-28-24)34-15-19-22(25)20(32-2)12-21(33-3)23(19)26/h4-7,12-14H,8-11,15H2,1-3H3,(H,27,28,29). The largest absolute Gasteiger partial charge is 0.494 e. The lowest BCUT2D eigenvalue weighted by molar-refractivity contribution is 0.280. The second-order valence-electron chi connectivity index (χ2n) is 7.88. The Labute approximate surface area is 197 Å². The first kappa shape index (κ1) is 23.5. The molecular weight excluding hydrogens is 444 g/mol. The van der Waals surface area contributed by atoms with E-state index in [-0.39, 0.29) is 29.4 Å². The Kier molecular flexibility index (Phi) is 7.27. The summed E-state index contributed by atoms with van der Waals surface area (Å²) in [6.45, 7) is 3.73. The summed E-state index contributed by atoms with van der Waals surface area (Å²) in [5.41, 5.74) is 1.72. The Balaban J connectivity index is 1.37. The lowest BCUT2D eigenvalue weighted by atomic mass is 10.1. The van der Waals surface area contributed by atoms with E-state index in [1.165, 1.54) is 32.3 Å². The number of methoxy groups -OCH3 is 2. The molecule has 1 aliphatic heterocycles. The zero-order chi connectivity index (χ0) is 24.1. The number of likely N-dealkylation sites (N-methyl/N-ethyl adjacent to an activating group) is 1. The third kappa shape index (κ3) is 5.28. The van der Waals surface area contributed by atoms with E-state index in [9.17, 15) is 8.78 Å². The van der Waals surface area contributed by atoms with E-state index in [1.54, 1.807) is 0 Å². The molecule has 34 heavy (non-hydrogen) atoms. The number of halogens is 2. The monoisotopic (exact) mass is 471 g/mol. The van der Waals surface area contributed by atoms with Gasteiger partial charge >= 0.3 is 0 Å². The fourth-order valence-corrected chi connectivity index (χ4v) is 3.62. The third-order valence-corrected chi connectivity index (χ3v) is 5.67. The van der Waals surface area contributed by atoms with Crippen LogP contribution in [-0.4, -0.2) is 62.3 Å². The molecule has 8 nitrogen and oxygen atoms in total. The number of nitrogens with one attached hydrogen (secondary N) is 1. The molecule has 0 unspecified atom stereocenters. The highest BCUT2D eigenvalue weighted by Crippen LogP contribution is 2.32. The van der Waals surface area contributed by atoms with Crippen molar-refractivity contribution in [3.8, 4) is 17.2 Å². The topological polar surface area (TPSA) is 72.0 Å². The van der Waals surface area contributed by atoms with Crippen molar-refractivity contribution in [1.29, 1.82) is 0 Å². The second kappa shape index (κ2) is 10.5. The zero-order valence-corrected chi connectivity index (χ0v) is 19.3. The molecule has 0 amide bonds. The van der Waals surface area contributed by atoms with E-state index in [1.807, 2.05) is 12.1 Å². The van der Waals surface area contributed by atoms with E-state index >= 15 is 0 Å².